The molecule has 0 heterocycles. The predicted octanol–water partition coefficient (Wildman–Crippen LogP) is -1.20. The molecule has 3 N–H and O–H groups in total. The monoisotopic (exact) mass is 248 g/mol. The Kier molecular flexibility index (Phi) is 5.83. The van der Waals surface area contributed by atoms with Crippen molar-refractivity contribution in [3.8, 4) is 0 Å². The molecule has 0 rings (SSSR count). The minimum Gasteiger partial charge on any atom is -0.479 e. The molecule has 0 radical (unpaired) electrons. The van der Waals surface area contributed by atoms with Gasteiger partial charge in [-0.15, -0.1) is 0 Å². The number of hydrogen-bond donors (Lipinski definition) is 3. The van der Waals surface area contributed by atoms with Crippen molar-refractivity contribution in [3.05, 3.63) is 0 Å². The quantitative estimate of drug-likeness (QED) is 0.477. The van der Waals surface area contributed by atoms with Crippen LogP contribution in [0.5, 0.6) is 0 Å². The minimum atomic E-state index is -2.35. The molecule has 0 aliphatic heterocycles. The first-order valence-electron chi connectivity index (χ1n) is 4.58. The van der Waals surface area contributed by atoms with E-state index in [0.29, 0.717) is 0 Å². The second kappa shape index (κ2) is 6.59. The fraction of sp³-hybridized carbons (Fsp3) is 0.556. The van der Waals surface area contributed by atoms with Gasteiger partial charge in [0.15, 0.2) is 6.10 Å². The van der Waals surface area contributed by atoms with Crippen LogP contribution < -0.4 is 0 Å². The summed E-state index contributed by atoms with van der Waals surface area (Å²) in [6.07, 6.45) is -5.06. The number of ketones is 1. The van der Waals surface area contributed by atoms with Gasteiger partial charge in [-0.05, 0) is 6.92 Å². The molecule has 0 aromatic heterocycles. The molecule has 0 saturated carbocycles. The van der Waals surface area contributed by atoms with Crippen LogP contribution in [-0.4, -0.2) is 51.2 Å². The Bertz CT molecular complexity index is 334. The summed E-state index contributed by atoms with van der Waals surface area (Å²) in [4.78, 5) is 42.5. The van der Waals surface area contributed by atoms with Crippen molar-refractivity contribution in [1.29, 1.82) is 0 Å². The van der Waals surface area contributed by atoms with E-state index in [1.54, 1.807) is 0 Å². The third-order valence-electron chi connectivity index (χ3n) is 1.72. The summed E-state index contributed by atoms with van der Waals surface area (Å²) in [7, 11) is 0. The predicted molar refractivity (Wildman–Crippen MR) is 51.1 cm³/mol. The second-order valence-corrected chi connectivity index (χ2v) is 3.23. The van der Waals surface area contributed by atoms with E-state index in [0.717, 1.165) is 0 Å². The maximum absolute atomic E-state index is 11.0. The number of carboxylic acids is 2. The first-order valence-corrected chi connectivity index (χ1v) is 4.58. The number of carbonyl (C=O) groups excluding carboxylic acids is 2. The summed E-state index contributed by atoms with van der Waals surface area (Å²) >= 11 is 0. The summed E-state index contributed by atoms with van der Waals surface area (Å²) in [5.74, 6) is -4.96. The van der Waals surface area contributed by atoms with Crippen molar-refractivity contribution in [2.75, 3.05) is 0 Å². The van der Waals surface area contributed by atoms with Gasteiger partial charge in [-0.25, -0.2) is 9.59 Å². The van der Waals surface area contributed by atoms with Crippen molar-refractivity contribution in [1.82, 2.24) is 0 Å². The lowest BCUT2D eigenvalue weighted by molar-refractivity contribution is -0.178. The molecule has 8 heteroatoms. The molecule has 0 spiro atoms. The average molecular weight is 248 g/mol. The molecule has 0 aliphatic rings. The molecule has 0 bridgehead atoms. The number of carboxylic acid groups (broad SMARTS) is 2. The molecule has 2 unspecified atom stereocenters. The lowest BCUT2D eigenvalue weighted by Crippen LogP contribution is -2.43. The maximum atomic E-state index is 11.0. The lowest BCUT2D eigenvalue weighted by Gasteiger charge is -2.16. The first-order chi connectivity index (χ1) is 7.75. The standard InChI is InChI=1S/C9H12O8/c1-4(10)2-3-5(11)17-7(9(15)16)6(12)8(13)14/h6-7,12H,2-3H2,1H3,(H,13,14)(H,15,16). The summed E-state index contributed by atoms with van der Waals surface area (Å²) in [6, 6.07) is 0. The fourth-order valence-corrected chi connectivity index (χ4v) is 0.858. The Morgan fingerprint density at radius 2 is 1.59 bits per heavy atom. The third kappa shape index (κ3) is 5.61. The zero-order valence-corrected chi connectivity index (χ0v) is 8.95. The molecule has 0 aromatic rings. The zero-order chi connectivity index (χ0) is 13.6. The number of Topliss-reactive ketones (excluding diaryl/α,β-unsaturated/α-hetero) is 1. The minimum absolute atomic E-state index is 0.145. The largest absolute Gasteiger partial charge is 0.479 e. The number of esters is 1. The Hall–Kier alpha value is -1.96. The van der Waals surface area contributed by atoms with E-state index >= 15 is 0 Å². The third-order valence-corrected chi connectivity index (χ3v) is 1.72. The van der Waals surface area contributed by atoms with Gasteiger partial charge in [-0.1, -0.05) is 0 Å². The number of rotatable bonds is 7. The van der Waals surface area contributed by atoms with Crippen LogP contribution in [0.2, 0.25) is 0 Å². The Morgan fingerprint density at radius 3 is 1.94 bits per heavy atom. The van der Waals surface area contributed by atoms with Crippen molar-refractivity contribution in [2.45, 2.75) is 32.0 Å². The van der Waals surface area contributed by atoms with Crippen LogP contribution in [-0.2, 0) is 23.9 Å². The van der Waals surface area contributed by atoms with Crippen LogP contribution >= 0.6 is 0 Å². The highest BCUT2D eigenvalue weighted by atomic mass is 16.6. The number of aliphatic hydroxyl groups excluding tert-OH is 1. The highest BCUT2D eigenvalue weighted by molar-refractivity contribution is 5.86. The molecular weight excluding hydrogens is 236 g/mol. The van der Waals surface area contributed by atoms with Gasteiger partial charge in [0, 0.05) is 6.42 Å². The van der Waals surface area contributed by atoms with E-state index in [2.05, 4.69) is 4.74 Å². The first kappa shape index (κ1) is 15.0. The Morgan fingerprint density at radius 1 is 1.06 bits per heavy atom. The molecule has 2 atom stereocenters. The van der Waals surface area contributed by atoms with Crippen molar-refractivity contribution < 1.29 is 39.2 Å². The number of carbonyl (C=O) groups is 4. The Labute approximate surface area is 95.8 Å². The molecule has 8 nitrogen and oxygen atoms in total. The van der Waals surface area contributed by atoms with Crippen LogP contribution in [0.1, 0.15) is 19.8 Å². The van der Waals surface area contributed by atoms with Gasteiger partial charge >= 0.3 is 17.9 Å². The number of ether oxygens (including phenoxy) is 1. The van der Waals surface area contributed by atoms with Gasteiger partial charge in [0.1, 0.15) is 5.78 Å². The number of aliphatic hydroxyl groups is 1. The molecule has 0 fully saturated rings. The molecule has 96 valence electrons. The molecule has 17 heavy (non-hydrogen) atoms. The van der Waals surface area contributed by atoms with Crippen LogP contribution in [0.3, 0.4) is 0 Å². The molecule has 0 saturated heterocycles. The van der Waals surface area contributed by atoms with E-state index in [1.165, 1.54) is 6.92 Å². The number of aliphatic carboxylic acids is 2. The molecule has 0 amide bonds. The van der Waals surface area contributed by atoms with Gasteiger partial charge in [0.2, 0.25) is 6.10 Å². The summed E-state index contributed by atoms with van der Waals surface area (Å²) in [6.45, 7) is 1.23. The molecule has 0 aromatic carbocycles. The van der Waals surface area contributed by atoms with Crippen molar-refractivity contribution >= 4 is 23.7 Å². The van der Waals surface area contributed by atoms with Crippen LogP contribution in [0.25, 0.3) is 0 Å². The average Bonchev–Trinajstić information content (AvgIpc) is 2.21. The highest BCUT2D eigenvalue weighted by Crippen LogP contribution is 2.04. The number of hydrogen-bond acceptors (Lipinski definition) is 6. The van der Waals surface area contributed by atoms with Crippen molar-refractivity contribution in [3.63, 3.8) is 0 Å². The van der Waals surface area contributed by atoms with Gasteiger partial charge in [0.05, 0.1) is 6.42 Å². The van der Waals surface area contributed by atoms with Gasteiger partial charge in [-0.2, -0.15) is 0 Å². The van der Waals surface area contributed by atoms with Crippen LogP contribution in [0.4, 0.5) is 0 Å². The van der Waals surface area contributed by atoms with Gasteiger partial charge in [-0.3, -0.25) is 4.79 Å². The molecular formula is C9H12O8. The molecule has 0 aliphatic carbocycles. The Balaban J connectivity index is 4.45. The van der Waals surface area contributed by atoms with E-state index in [-0.39, 0.29) is 18.6 Å². The maximum Gasteiger partial charge on any atom is 0.348 e. The van der Waals surface area contributed by atoms with Crippen LogP contribution in [0.15, 0.2) is 0 Å². The van der Waals surface area contributed by atoms with Crippen LogP contribution in [0, 0.1) is 0 Å². The van der Waals surface area contributed by atoms with E-state index in [1.807, 2.05) is 0 Å². The summed E-state index contributed by atoms with van der Waals surface area (Å²) in [5.41, 5.74) is 0. The van der Waals surface area contributed by atoms with Gasteiger partial charge < -0.3 is 24.9 Å². The van der Waals surface area contributed by atoms with E-state index < -0.39 is 30.1 Å². The highest BCUT2D eigenvalue weighted by Gasteiger charge is 2.35. The smallest absolute Gasteiger partial charge is 0.348 e. The SMILES string of the molecule is CC(=O)CCC(=O)OC(C(=O)O)C(O)C(=O)O. The topological polar surface area (TPSA) is 138 Å². The zero-order valence-electron chi connectivity index (χ0n) is 8.95. The summed E-state index contributed by atoms with van der Waals surface area (Å²) < 4.78 is 4.26. The van der Waals surface area contributed by atoms with E-state index in [9.17, 15) is 19.2 Å². The summed E-state index contributed by atoms with van der Waals surface area (Å²) in [5, 5.41) is 25.9. The normalized spacial score (nSPS) is 13.5. The lowest BCUT2D eigenvalue weighted by atomic mass is 10.2. The van der Waals surface area contributed by atoms with Crippen molar-refractivity contribution in [2.24, 2.45) is 0 Å². The fourth-order valence-electron chi connectivity index (χ4n) is 0.858. The van der Waals surface area contributed by atoms with Gasteiger partial charge in [0.25, 0.3) is 0 Å². The van der Waals surface area contributed by atoms with E-state index in [4.69, 9.17) is 15.3 Å². The second-order valence-electron chi connectivity index (χ2n) is 3.23.